The highest BCUT2D eigenvalue weighted by Gasteiger charge is 2.19. The molecule has 0 aromatic carbocycles. The van der Waals surface area contributed by atoms with Gasteiger partial charge < -0.3 is 10.1 Å². The van der Waals surface area contributed by atoms with E-state index in [-0.39, 0.29) is 0 Å². The second kappa shape index (κ2) is 2.52. The number of nitrogens with one attached hydrogen (secondary N) is 1. The number of hydrogen-bond acceptors (Lipinski definition) is 2. The number of methoxy groups -OCH3 is 1. The summed E-state index contributed by atoms with van der Waals surface area (Å²) >= 11 is 0. The maximum atomic E-state index is 5.08. The van der Waals surface area contributed by atoms with Gasteiger partial charge in [0.25, 0.3) is 0 Å². The molecule has 0 spiro atoms. The van der Waals surface area contributed by atoms with Gasteiger partial charge in [0.1, 0.15) is 0 Å². The molecule has 0 radical (unpaired) electrons. The summed E-state index contributed by atoms with van der Waals surface area (Å²) in [6, 6.07) is 0. The van der Waals surface area contributed by atoms with Crippen molar-refractivity contribution in [2.75, 3.05) is 13.7 Å². The maximum Gasteiger partial charge on any atom is 0.182 e. The third-order valence-electron chi connectivity index (χ3n) is 1.81. The van der Waals surface area contributed by atoms with E-state index in [9.17, 15) is 0 Å². The standard InChI is InChI=1S/C8H15NO/c1-8(2)4-5-9-7(6-8)10-3/h6,9H,4-5H2,1-3H3. The van der Waals surface area contributed by atoms with Crippen molar-refractivity contribution in [1.82, 2.24) is 5.32 Å². The summed E-state index contributed by atoms with van der Waals surface area (Å²) in [4.78, 5) is 0. The van der Waals surface area contributed by atoms with Gasteiger partial charge in [-0.3, -0.25) is 0 Å². The van der Waals surface area contributed by atoms with E-state index >= 15 is 0 Å². The van der Waals surface area contributed by atoms with Gasteiger partial charge in [0.15, 0.2) is 5.88 Å². The molecule has 0 aromatic rings. The van der Waals surface area contributed by atoms with Crippen molar-refractivity contribution in [2.45, 2.75) is 20.3 Å². The second-order valence-corrected chi connectivity index (χ2v) is 3.38. The molecule has 0 aliphatic carbocycles. The molecule has 1 aliphatic rings. The average Bonchev–Trinajstić information content (AvgIpc) is 1.86. The van der Waals surface area contributed by atoms with E-state index in [0.29, 0.717) is 5.41 Å². The van der Waals surface area contributed by atoms with Crippen LogP contribution in [-0.2, 0) is 4.74 Å². The first-order valence-electron chi connectivity index (χ1n) is 3.65. The predicted octanol–water partition coefficient (Wildman–Crippen LogP) is 1.49. The topological polar surface area (TPSA) is 21.3 Å². The van der Waals surface area contributed by atoms with Crippen LogP contribution in [0.3, 0.4) is 0 Å². The van der Waals surface area contributed by atoms with E-state index in [2.05, 4.69) is 25.2 Å². The van der Waals surface area contributed by atoms with Crippen molar-refractivity contribution in [1.29, 1.82) is 0 Å². The number of ether oxygens (including phenoxy) is 1. The molecule has 0 aromatic heterocycles. The highest BCUT2D eigenvalue weighted by Crippen LogP contribution is 2.25. The molecule has 10 heavy (non-hydrogen) atoms. The molecule has 0 saturated heterocycles. The zero-order valence-corrected chi connectivity index (χ0v) is 6.90. The second-order valence-electron chi connectivity index (χ2n) is 3.38. The van der Waals surface area contributed by atoms with Gasteiger partial charge in [-0.25, -0.2) is 0 Å². The van der Waals surface area contributed by atoms with Gasteiger partial charge >= 0.3 is 0 Å². The largest absolute Gasteiger partial charge is 0.483 e. The minimum atomic E-state index is 0.302. The Bertz CT molecular complexity index is 149. The molecule has 0 amide bonds. The molecule has 1 N–H and O–H groups in total. The maximum absolute atomic E-state index is 5.08. The average molecular weight is 141 g/mol. The van der Waals surface area contributed by atoms with Crippen LogP contribution in [0.1, 0.15) is 20.3 Å². The van der Waals surface area contributed by atoms with Gasteiger partial charge in [-0.05, 0) is 17.9 Å². The van der Waals surface area contributed by atoms with Crippen LogP contribution in [0.5, 0.6) is 0 Å². The fourth-order valence-electron chi connectivity index (χ4n) is 1.12. The van der Waals surface area contributed by atoms with E-state index in [0.717, 1.165) is 12.4 Å². The molecule has 0 saturated carbocycles. The lowest BCUT2D eigenvalue weighted by Crippen LogP contribution is -2.28. The summed E-state index contributed by atoms with van der Waals surface area (Å²) in [6.07, 6.45) is 3.32. The number of allylic oxidation sites excluding steroid dienone is 1. The Hall–Kier alpha value is -0.660. The number of hydrogen-bond donors (Lipinski definition) is 1. The van der Waals surface area contributed by atoms with Gasteiger partial charge in [0.2, 0.25) is 0 Å². The first-order chi connectivity index (χ1) is 4.64. The molecule has 1 heterocycles. The fourth-order valence-corrected chi connectivity index (χ4v) is 1.12. The molecule has 2 heteroatoms. The summed E-state index contributed by atoms with van der Waals surface area (Å²) in [5, 5.41) is 3.16. The van der Waals surface area contributed by atoms with Crippen LogP contribution >= 0.6 is 0 Å². The lowest BCUT2D eigenvalue weighted by atomic mass is 9.87. The van der Waals surface area contributed by atoms with E-state index in [1.54, 1.807) is 7.11 Å². The predicted molar refractivity (Wildman–Crippen MR) is 41.5 cm³/mol. The van der Waals surface area contributed by atoms with E-state index < -0.39 is 0 Å². The Morgan fingerprint density at radius 2 is 2.30 bits per heavy atom. The highest BCUT2D eigenvalue weighted by molar-refractivity contribution is 5.04. The minimum Gasteiger partial charge on any atom is -0.483 e. The fraction of sp³-hybridized carbons (Fsp3) is 0.750. The summed E-state index contributed by atoms with van der Waals surface area (Å²) in [5.41, 5.74) is 0.302. The molecule has 0 bridgehead atoms. The minimum absolute atomic E-state index is 0.302. The lowest BCUT2D eigenvalue weighted by Gasteiger charge is -2.27. The highest BCUT2D eigenvalue weighted by atomic mass is 16.5. The zero-order valence-electron chi connectivity index (χ0n) is 6.90. The van der Waals surface area contributed by atoms with Crippen LogP contribution in [0.25, 0.3) is 0 Å². The molecule has 1 rings (SSSR count). The quantitative estimate of drug-likeness (QED) is 0.597. The molecule has 0 unspecified atom stereocenters. The van der Waals surface area contributed by atoms with Gasteiger partial charge in [0.05, 0.1) is 7.11 Å². The summed E-state index contributed by atoms with van der Waals surface area (Å²) in [6.45, 7) is 5.45. The summed E-state index contributed by atoms with van der Waals surface area (Å²) in [5.74, 6) is 0.913. The third-order valence-corrected chi connectivity index (χ3v) is 1.81. The van der Waals surface area contributed by atoms with Crippen LogP contribution < -0.4 is 5.32 Å². The van der Waals surface area contributed by atoms with Gasteiger partial charge in [0, 0.05) is 6.54 Å². The Balaban J connectivity index is 2.66. The monoisotopic (exact) mass is 141 g/mol. The van der Waals surface area contributed by atoms with Crippen molar-refractivity contribution >= 4 is 0 Å². The van der Waals surface area contributed by atoms with Crippen molar-refractivity contribution in [3.63, 3.8) is 0 Å². The molecule has 2 nitrogen and oxygen atoms in total. The van der Waals surface area contributed by atoms with Crippen LogP contribution in [0, 0.1) is 5.41 Å². The first-order valence-corrected chi connectivity index (χ1v) is 3.65. The van der Waals surface area contributed by atoms with Gasteiger partial charge in [-0.1, -0.05) is 13.8 Å². The zero-order chi connectivity index (χ0) is 7.61. The Morgan fingerprint density at radius 3 is 2.70 bits per heavy atom. The Kier molecular flexibility index (Phi) is 1.88. The van der Waals surface area contributed by atoms with Gasteiger partial charge in [-0.15, -0.1) is 0 Å². The van der Waals surface area contributed by atoms with E-state index in [1.807, 2.05) is 0 Å². The molecule has 0 atom stereocenters. The normalized spacial score (nSPS) is 22.9. The van der Waals surface area contributed by atoms with Gasteiger partial charge in [-0.2, -0.15) is 0 Å². The smallest absolute Gasteiger partial charge is 0.182 e. The van der Waals surface area contributed by atoms with Crippen molar-refractivity contribution in [3.05, 3.63) is 12.0 Å². The SMILES string of the molecule is COC1=CC(C)(C)CCN1. The van der Waals surface area contributed by atoms with E-state index in [4.69, 9.17) is 4.74 Å². The van der Waals surface area contributed by atoms with Crippen molar-refractivity contribution in [2.24, 2.45) is 5.41 Å². The van der Waals surface area contributed by atoms with Crippen LogP contribution in [0.4, 0.5) is 0 Å². The Morgan fingerprint density at radius 1 is 1.60 bits per heavy atom. The molecular formula is C8H15NO. The Labute approximate surface area is 62.3 Å². The van der Waals surface area contributed by atoms with Crippen LogP contribution in [0.2, 0.25) is 0 Å². The van der Waals surface area contributed by atoms with E-state index in [1.165, 1.54) is 6.42 Å². The summed E-state index contributed by atoms with van der Waals surface area (Å²) < 4.78 is 5.08. The van der Waals surface area contributed by atoms with Crippen LogP contribution in [0.15, 0.2) is 12.0 Å². The lowest BCUT2D eigenvalue weighted by molar-refractivity contribution is 0.229. The number of rotatable bonds is 1. The van der Waals surface area contributed by atoms with Crippen molar-refractivity contribution < 1.29 is 4.74 Å². The third kappa shape index (κ3) is 1.66. The first kappa shape index (κ1) is 7.45. The van der Waals surface area contributed by atoms with Crippen LogP contribution in [-0.4, -0.2) is 13.7 Å². The molecule has 1 aliphatic heterocycles. The molecular weight excluding hydrogens is 126 g/mol. The summed E-state index contributed by atoms with van der Waals surface area (Å²) in [7, 11) is 1.69. The molecule has 0 fully saturated rings. The molecule has 58 valence electrons. The van der Waals surface area contributed by atoms with Crippen molar-refractivity contribution in [3.8, 4) is 0 Å².